The van der Waals surface area contributed by atoms with E-state index in [2.05, 4.69) is 9.97 Å². The summed E-state index contributed by atoms with van der Waals surface area (Å²) < 4.78 is 44.5. The van der Waals surface area contributed by atoms with Gasteiger partial charge in [0.2, 0.25) is 5.82 Å². The summed E-state index contributed by atoms with van der Waals surface area (Å²) in [4.78, 5) is 7.43. The van der Waals surface area contributed by atoms with Crippen molar-refractivity contribution in [3.63, 3.8) is 0 Å². The van der Waals surface area contributed by atoms with Gasteiger partial charge in [-0.15, -0.1) is 0 Å². The van der Waals surface area contributed by atoms with E-state index in [1.54, 1.807) is 0 Å². The van der Waals surface area contributed by atoms with E-state index in [1.807, 2.05) is 0 Å². The van der Waals surface area contributed by atoms with Crippen LogP contribution in [0.15, 0.2) is 18.5 Å². The fraction of sp³-hybridized carbons (Fsp3) is 0.400. The van der Waals surface area contributed by atoms with Crippen LogP contribution in [0.25, 0.3) is 11.0 Å². The average molecular weight is 243 g/mol. The lowest BCUT2D eigenvalue weighted by Crippen LogP contribution is -2.17. The Morgan fingerprint density at radius 2 is 2.24 bits per heavy atom. The van der Waals surface area contributed by atoms with Gasteiger partial charge in [-0.1, -0.05) is 0 Å². The van der Waals surface area contributed by atoms with E-state index in [0.29, 0.717) is 17.6 Å². The van der Waals surface area contributed by atoms with E-state index in [1.165, 1.54) is 18.5 Å². The molecule has 0 radical (unpaired) electrons. The van der Waals surface area contributed by atoms with Crippen molar-refractivity contribution in [2.75, 3.05) is 6.61 Å². The molecule has 90 valence electrons. The van der Waals surface area contributed by atoms with Crippen molar-refractivity contribution >= 4 is 11.0 Å². The molecule has 4 nitrogen and oxygen atoms in total. The number of ether oxygens (including phenoxy) is 1. The molecule has 2 aromatic heterocycles. The first-order chi connectivity index (χ1) is 8.05. The first-order valence-electron chi connectivity index (χ1n) is 5.05. The van der Waals surface area contributed by atoms with Gasteiger partial charge in [0.25, 0.3) is 0 Å². The molecule has 3 heterocycles. The Hall–Kier alpha value is -1.63. The molecule has 2 aromatic rings. The maximum atomic E-state index is 12.8. The zero-order chi connectivity index (χ0) is 12.0. The quantitative estimate of drug-likeness (QED) is 0.756. The molecule has 7 heteroatoms. The third-order valence-corrected chi connectivity index (χ3v) is 2.59. The van der Waals surface area contributed by atoms with Crippen molar-refractivity contribution in [2.24, 2.45) is 0 Å². The summed E-state index contributed by atoms with van der Waals surface area (Å²) in [5.41, 5.74) is 0.684. The van der Waals surface area contributed by atoms with Crippen LogP contribution in [0, 0.1) is 0 Å². The van der Waals surface area contributed by atoms with Crippen LogP contribution < -0.4 is 0 Å². The monoisotopic (exact) mass is 243 g/mol. The molecular weight excluding hydrogens is 235 g/mol. The second-order valence-electron chi connectivity index (χ2n) is 3.86. The van der Waals surface area contributed by atoms with Crippen LogP contribution in [0.1, 0.15) is 5.82 Å². The molecule has 1 aliphatic heterocycles. The highest BCUT2D eigenvalue weighted by molar-refractivity contribution is 5.74. The SMILES string of the molecule is FC(F)(F)c1nc2ccncc2n1C[C@@H]1CO1. The minimum absolute atomic E-state index is 0.145. The smallest absolute Gasteiger partial charge is 0.371 e. The summed E-state index contributed by atoms with van der Waals surface area (Å²) in [6.07, 6.45) is -1.80. The van der Waals surface area contributed by atoms with Crippen LogP contribution in [-0.2, 0) is 17.5 Å². The van der Waals surface area contributed by atoms with Gasteiger partial charge in [0.15, 0.2) is 0 Å². The lowest BCUT2D eigenvalue weighted by molar-refractivity contribution is -0.147. The minimum Gasteiger partial charge on any atom is -0.371 e. The molecule has 0 saturated carbocycles. The molecule has 17 heavy (non-hydrogen) atoms. The molecule has 1 atom stereocenters. The predicted octanol–water partition coefficient (Wildman–Crippen LogP) is 1.85. The summed E-state index contributed by atoms with van der Waals surface area (Å²) in [6.45, 7) is 0.661. The first-order valence-corrected chi connectivity index (χ1v) is 5.05. The average Bonchev–Trinajstić information content (AvgIpc) is 2.98. The highest BCUT2D eigenvalue weighted by Crippen LogP contribution is 2.32. The lowest BCUT2D eigenvalue weighted by atomic mass is 10.4. The van der Waals surface area contributed by atoms with Gasteiger partial charge in [-0.25, -0.2) is 4.98 Å². The van der Waals surface area contributed by atoms with Crippen molar-refractivity contribution in [1.29, 1.82) is 0 Å². The number of pyridine rings is 1. The number of halogens is 3. The van der Waals surface area contributed by atoms with E-state index in [0.717, 1.165) is 4.57 Å². The summed E-state index contributed by atoms with van der Waals surface area (Å²) in [7, 11) is 0. The van der Waals surface area contributed by atoms with Crippen molar-refractivity contribution in [1.82, 2.24) is 14.5 Å². The number of epoxide rings is 1. The van der Waals surface area contributed by atoms with Gasteiger partial charge < -0.3 is 9.30 Å². The lowest BCUT2D eigenvalue weighted by Gasteiger charge is -2.09. The topological polar surface area (TPSA) is 43.2 Å². The number of imidazole rings is 1. The number of hydrogen-bond donors (Lipinski definition) is 0. The van der Waals surface area contributed by atoms with Crippen molar-refractivity contribution in [2.45, 2.75) is 18.8 Å². The maximum absolute atomic E-state index is 12.8. The van der Waals surface area contributed by atoms with Gasteiger partial charge in [-0.2, -0.15) is 13.2 Å². The molecule has 0 aromatic carbocycles. The minimum atomic E-state index is -4.46. The van der Waals surface area contributed by atoms with Gasteiger partial charge in [-0.3, -0.25) is 4.98 Å². The summed E-state index contributed by atoms with van der Waals surface area (Å²) in [5.74, 6) is -0.893. The molecule has 1 aliphatic rings. The fourth-order valence-corrected chi connectivity index (χ4v) is 1.75. The molecule has 3 rings (SSSR count). The first kappa shape index (κ1) is 10.5. The number of alkyl halides is 3. The highest BCUT2D eigenvalue weighted by atomic mass is 19.4. The fourth-order valence-electron chi connectivity index (χ4n) is 1.75. The normalized spacial score (nSPS) is 19.8. The Bertz CT molecular complexity index is 559. The third-order valence-electron chi connectivity index (χ3n) is 2.59. The molecule has 0 spiro atoms. The molecule has 0 N–H and O–H groups in total. The van der Waals surface area contributed by atoms with E-state index in [-0.39, 0.29) is 12.6 Å². The third kappa shape index (κ3) is 1.86. The predicted molar refractivity (Wildman–Crippen MR) is 52.3 cm³/mol. The van der Waals surface area contributed by atoms with E-state index < -0.39 is 12.0 Å². The van der Waals surface area contributed by atoms with Gasteiger partial charge in [0, 0.05) is 6.20 Å². The Morgan fingerprint density at radius 3 is 2.88 bits per heavy atom. The Labute approximate surface area is 94.0 Å². The van der Waals surface area contributed by atoms with Crippen molar-refractivity contribution in [3.05, 3.63) is 24.3 Å². The van der Waals surface area contributed by atoms with Crippen LogP contribution in [0.4, 0.5) is 13.2 Å². The molecule has 0 unspecified atom stereocenters. The molecule has 0 bridgehead atoms. The summed E-state index contributed by atoms with van der Waals surface area (Å²) >= 11 is 0. The Balaban J connectivity index is 2.17. The zero-order valence-electron chi connectivity index (χ0n) is 8.61. The highest BCUT2D eigenvalue weighted by Gasteiger charge is 2.39. The summed E-state index contributed by atoms with van der Waals surface area (Å²) in [5, 5.41) is 0. The largest absolute Gasteiger partial charge is 0.449 e. The second-order valence-corrected chi connectivity index (χ2v) is 3.86. The molecule has 0 aliphatic carbocycles. The van der Waals surface area contributed by atoms with Crippen LogP contribution in [0.2, 0.25) is 0 Å². The zero-order valence-corrected chi connectivity index (χ0v) is 8.61. The van der Waals surface area contributed by atoms with Crippen LogP contribution >= 0.6 is 0 Å². The van der Waals surface area contributed by atoms with Gasteiger partial charge >= 0.3 is 6.18 Å². The standard InChI is InChI=1S/C10H8F3N3O/c11-10(12,13)9-15-7-1-2-14-3-8(7)16(9)4-6-5-17-6/h1-3,6H,4-5H2/t6-/m1/s1. The number of hydrogen-bond acceptors (Lipinski definition) is 3. The number of fused-ring (bicyclic) bond motifs is 1. The van der Waals surface area contributed by atoms with Crippen LogP contribution in [-0.4, -0.2) is 27.2 Å². The molecule has 1 fully saturated rings. The van der Waals surface area contributed by atoms with E-state index >= 15 is 0 Å². The molecule has 0 amide bonds. The summed E-state index contributed by atoms with van der Waals surface area (Å²) in [6, 6.07) is 1.47. The Morgan fingerprint density at radius 1 is 1.47 bits per heavy atom. The van der Waals surface area contributed by atoms with Crippen LogP contribution in [0.3, 0.4) is 0 Å². The molecule has 1 saturated heterocycles. The Kier molecular flexibility index (Phi) is 2.12. The van der Waals surface area contributed by atoms with Gasteiger partial charge in [-0.05, 0) is 6.07 Å². The molecular formula is C10H8F3N3O. The number of nitrogens with zero attached hydrogens (tertiary/aromatic N) is 3. The van der Waals surface area contributed by atoms with Gasteiger partial charge in [0.05, 0.1) is 36.5 Å². The van der Waals surface area contributed by atoms with E-state index in [4.69, 9.17) is 4.74 Å². The maximum Gasteiger partial charge on any atom is 0.449 e. The second kappa shape index (κ2) is 3.43. The van der Waals surface area contributed by atoms with Gasteiger partial charge in [0.1, 0.15) is 0 Å². The van der Waals surface area contributed by atoms with Crippen molar-refractivity contribution in [3.8, 4) is 0 Å². The number of rotatable bonds is 2. The van der Waals surface area contributed by atoms with Crippen LogP contribution in [0.5, 0.6) is 0 Å². The van der Waals surface area contributed by atoms with Crippen molar-refractivity contribution < 1.29 is 17.9 Å². The van der Waals surface area contributed by atoms with E-state index in [9.17, 15) is 13.2 Å². The number of aromatic nitrogens is 3.